The van der Waals surface area contributed by atoms with Crippen molar-refractivity contribution in [1.82, 2.24) is 5.32 Å². The Hall–Kier alpha value is 0.170. The van der Waals surface area contributed by atoms with Crippen LogP contribution in [0.3, 0.4) is 0 Å². The molecule has 4 heteroatoms. The lowest BCUT2D eigenvalue weighted by molar-refractivity contribution is 0.0937. The molecule has 0 aromatic rings. The molecule has 1 saturated heterocycles. The van der Waals surface area contributed by atoms with Gasteiger partial charge in [-0.3, -0.25) is 0 Å². The Morgan fingerprint density at radius 1 is 1.08 bits per heavy atom. The van der Waals surface area contributed by atoms with E-state index in [0.29, 0.717) is 11.8 Å². The Morgan fingerprint density at radius 2 is 1.50 bits per heavy atom. The molecule has 0 aromatic heterocycles. The highest BCUT2D eigenvalue weighted by molar-refractivity contribution is 5.85. The summed E-state index contributed by atoms with van der Waals surface area (Å²) in [5.41, 5.74) is 0. The number of nitrogens with one attached hydrogen (secondary N) is 1. The molecule has 1 N–H and O–H groups in total. The molecule has 2 atom stereocenters. The minimum atomic E-state index is 0. The monoisotopic (exact) mass is 195 g/mol. The minimum Gasteiger partial charge on any atom is -0.384 e. The van der Waals surface area contributed by atoms with E-state index in [4.69, 9.17) is 9.47 Å². The van der Waals surface area contributed by atoms with E-state index in [0.717, 1.165) is 26.3 Å². The molecule has 1 rings (SSSR count). The highest BCUT2D eigenvalue weighted by Gasteiger charge is 2.26. The number of methoxy groups -OCH3 is 2. The van der Waals surface area contributed by atoms with Crippen LogP contribution in [0.25, 0.3) is 0 Å². The van der Waals surface area contributed by atoms with Crippen LogP contribution in [-0.4, -0.2) is 40.5 Å². The molecule has 12 heavy (non-hydrogen) atoms. The van der Waals surface area contributed by atoms with Crippen LogP contribution in [0.1, 0.15) is 0 Å². The Labute approximate surface area is 80.2 Å². The zero-order valence-electron chi connectivity index (χ0n) is 7.71. The predicted molar refractivity (Wildman–Crippen MR) is 50.8 cm³/mol. The summed E-state index contributed by atoms with van der Waals surface area (Å²) in [5.74, 6) is 1.28. The molecule has 3 nitrogen and oxygen atoms in total. The molecule has 0 radical (unpaired) electrons. The van der Waals surface area contributed by atoms with Crippen molar-refractivity contribution < 1.29 is 9.47 Å². The van der Waals surface area contributed by atoms with Crippen molar-refractivity contribution in [1.29, 1.82) is 0 Å². The maximum atomic E-state index is 5.11. The van der Waals surface area contributed by atoms with Crippen molar-refractivity contribution in [2.45, 2.75) is 0 Å². The smallest absolute Gasteiger partial charge is 0.0506 e. The summed E-state index contributed by atoms with van der Waals surface area (Å²) in [6.07, 6.45) is 0. The lowest BCUT2D eigenvalue weighted by Gasteiger charge is -2.15. The third kappa shape index (κ3) is 3.27. The average Bonchev–Trinajstić information content (AvgIpc) is 2.39. The first-order valence-corrected chi connectivity index (χ1v) is 4.07. The van der Waals surface area contributed by atoms with E-state index < -0.39 is 0 Å². The zero-order chi connectivity index (χ0) is 8.10. The van der Waals surface area contributed by atoms with E-state index in [1.54, 1.807) is 14.2 Å². The number of rotatable bonds is 4. The molecule has 74 valence electrons. The van der Waals surface area contributed by atoms with Gasteiger partial charge in [0.1, 0.15) is 0 Å². The summed E-state index contributed by atoms with van der Waals surface area (Å²) < 4.78 is 10.2. The van der Waals surface area contributed by atoms with Crippen LogP contribution >= 0.6 is 12.4 Å². The predicted octanol–water partition coefficient (Wildman–Crippen LogP) is 0.537. The minimum absolute atomic E-state index is 0. The van der Waals surface area contributed by atoms with Gasteiger partial charge in [0.2, 0.25) is 0 Å². The normalized spacial score (nSPS) is 28.5. The molecule has 1 aliphatic rings. The molecule has 0 aromatic carbocycles. The van der Waals surface area contributed by atoms with E-state index in [9.17, 15) is 0 Å². The molecular formula is C8H18ClNO2. The standard InChI is InChI=1S/C8H17NO2.ClH/c1-10-5-7-3-9-4-8(7)6-11-2;/h7-9H,3-6H2,1-2H3;1H/t7-,8-;/m0./s1. The topological polar surface area (TPSA) is 30.5 Å². The second-order valence-corrected chi connectivity index (χ2v) is 3.09. The first-order chi connectivity index (χ1) is 5.38. The first-order valence-electron chi connectivity index (χ1n) is 4.07. The van der Waals surface area contributed by atoms with Crippen LogP contribution in [0.4, 0.5) is 0 Å². The Bertz CT molecular complexity index is 101. The van der Waals surface area contributed by atoms with Crippen LogP contribution in [0, 0.1) is 11.8 Å². The van der Waals surface area contributed by atoms with E-state index in [2.05, 4.69) is 5.32 Å². The number of ether oxygens (including phenoxy) is 2. The van der Waals surface area contributed by atoms with Gasteiger partial charge < -0.3 is 14.8 Å². The number of hydrogen-bond acceptors (Lipinski definition) is 3. The fraction of sp³-hybridized carbons (Fsp3) is 1.00. The number of halogens is 1. The number of hydrogen-bond donors (Lipinski definition) is 1. The van der Waals surface area contributed by atoms with Crippen LogP contribution < -0.4 is 5.32 Å². The SMILES string of the molecule is COC[C@@H]1CNC[C@H]1COC.Cl. The molecule has 1 heterocycles. The molecule has 1 aliphatic heterocycles. The van der Waals surface area contributed by atoms with E-state index >= 15 is 0 Å². The van der Waals surface area contributed by atoms with Crippen LogP contribution in [-0.2, 0) is 9.47 Å². The highest BCUT2D eigenvalue weighted by atomic mass is 35.5. The van der Waals surface area contributed by atoms with Crippen molar-refractivity contribution in [2.24, 2.45) is 11.8 Å². The van der Waals surface area contributed by atoms with Gasteiger partial charge in [0, 0.05) is 39.1 Å². The average molecular weight is 196 g/mol. The summed E-state index contributed by atoms with van der Waals surface area (Å²) in [7, 11) is 3.50. The molecule has 0 spiro atoms. The van der Waals surface area contributed by atoms with Crippen LogP contribution in [0.5, 0.6) is 0 Å². The van der Waals surface area contributed by atoms with Crippen molar-refractivity contribution in [3.8, 4) is 0 Å². The molecule has 0 amide bonds. The van der Waals surface area contributed by atoms with Gasteiger partial charge in [-0.2, -0.15) is 0 Å². The van der Waals surface area contributed by atoms with E-state index in [-0.39, 0.29) is 12.4 Å². The van der Waals surface area contributed by atoms with Crippen molar-refractivity contribution >= 4 is 12.4 Å². The van der Waals surface area contributed by atoms with Crippen LogP contribution in [0.15, 0.2) is 0 Å². The quantitative estimate of drug-likeness (QED) is 0.711. The lowest BCUT2D eigenvalue weighted by Crippen LogP contribution is -2.21. The maximum absolute atomic E-state index is 5.11. The first kappa shape index (κ1) is 12.2. The van der Waals surface area contributed by atoms with Gasteiger partial charge >= 0.3 is 0 Å². The van der Waals surface area contributed by atoms with Gasteiger partial charge in [0.05, 0.1) is 13.2 Å². The van der Waals surface area contributed by atoms with Gasteiger partial charge in [-0.1, -0.05) is 0 Å². The Balaban J connectivity index is 0.00000121. The van der Waals surface area contributed by atoms with Crippen molar-refractivity contribution in [2.75, 3.05) is 40.5 Å². The zero-order valence-corrected chi connectivity index (χ0v) is 8.52. The van der Waals surface area contributed by atoms with Gasteiger partial charge in [-0.05, 0) is 0 Å². The fourth-order valence-corrected chi connectivity index (χ4v) is 1.61. The molecule has 1 fully saturated rings. The van der Waals surface area contributed by atoms with Crippen molar-refractivity contribution in [3.05, 3.63) is 0 Å². The molecule has 0 saturated carbocycles. The maximum Gasteiger partial charge on any atom is 0.0506 e. The Kier molecular flexibility index (Phi) is 6.76. The molecule has 0 unspecified atom stereocenters. The largest absolute Gasteiger partial charge is 0.384 e. The van der Waals surface area contributed by atoms with Crippen molar-refractivity contribution in [3.63, 3.8) is 0 Å². The van der Waals surface area contributed by atoms with Gasteiger partial charge in [0.25, 0.3) is 0 Å². The molecule has 0 aliphatic carbocycles. The summed E-state index contributed by atoms with van der Waals surface area (Å²) in [6.45, 7) is 3.84. The fourth-order valence-electron chi connectivity index (χ4n) is 1.61. The van der Waals surface area contributed by atoms with E-state index in [1.807, 2.05) is 0 Å². The second-order valence-electron chi connectivity index (χ2n) is 3.09. The summed E-state index contributed by atoms with van der Waals surface area (Å²) in [5, 5.41) is 3.33. The summed E-state index contributed by atoms with van der Waals surface area (Å²) in [4.78, 5) is 0. The third-order valence-corrected chi connectivity index (χ3v) is 2.24. The molecule has 0 bridgehead atoms. The lowest BCUT2D eigenvalue weighted by atomic mass is 9.98. The highest BCUT2D eigenvalue weighted by Crippen LogP contribution is 2.16. The Morgan fingerprint density at radius 3 is 1.83 bits per heavy atom. The van der Waals surface area contributed by atoms with Gasteiger partial charge in [0.15, 0.2) is 0 Å². The van der Waals surface area contributed by atoms with Gasteiger partial charge in [-0.25, -0.2) is 0 Å². The summed E-state index contributed by atoms with van der Waals surface area (Å²) in [6, 6.07) is 0. The van der Waals surface area contributed by atoms with Gasteiger partial charge in [-0.15, -0.1) is 12.4 Å². The molecular weight excluding hydrogens is 178 g/mol. The third-order valence-electron chi connectivity index (χ3n) is 2.24. The summed E-state index contributed by atoms with van der Waals surface area (Å²) >= 11 is 0. The van der Waals surface area contributed by atoms with E-state index in [1.165, 1.54) is 0 Å². The van der Waals surface area contributed by atoms with Crippen LogP contribution in [0.2, 0.25) is 0 Å². The second kappa shape index (κ2) is 6.66.